The number of aromatic nitrogens is 4. The van der Waals surface area contributed by atoms with Crippen LogP contribution in [0, 0.1) is 13.8 Å². The fourth-order valence-corrected chi connectivity index (χ4v) is 6.90. The predicted molar refractivity (Wildman–Crippen MR) is 249 cm³/mol. The average molecular weight is 844 g/mol. The Labute approximate surface area is 365 Å². The van der Waals surface area contributed by atoms with Gasteiger partial charge in [-0.05, 0) is 137 Å². The Morgan fingerprint density at radius 3 is 1.56 bits per heavy atom. The first-order valence-electron chi connectivity index (χ1n) is 21.2. The standard InChI is InChI=1S/C24H29N5O.C12H12ClN3.C12H18N2O/c1-19-17-26-24(28-23(19)25-18-20-7-3-2-4-8-20)27-21-9-11-22(12-10-21)30-16-15-29-13-5-6-14-29;1-9-7-15-12(13)16-11(9)14-8-10-5-3-2-4-6-10;13-11-3-5-12(6-4-11)15-10-9-14-7-1-2-8-14/h2-4,7-12,17H,5-6,13-16,18H2,1H3,(H2,25,26,27,28);2-7H,8H2,1H3,(H,14,15,16);3-6H,1-2,7-10,13H2. The van der Waals surface area contributed by atoms with E-state index >= 15 is 0 Å². The summed E-state index contributed by atoms with van der Waals surface area (Å²) in [5.41, 5.74) is 11.7. The van der Waals surface area contributed by atoms with Gasteiger partial charge in [-0.25, -0.2) is 15.0 Å². The molecule has 2 aliphatic rings. The van der Waals surface area contributed by atoms with Crippen LogP contribution in [0.1, 0.15) is 47.9 Å². The number of anilines is 5. The molecule has 320 valence electrons. The molecule has 5 N–H and O–H groups in total. The molecule has 4 aromatic carbocycles. The van der Waals surface area contributed by atoms with Crippen molar-refractivity contribution in [2.24, 2.45) is 0 Å². The Morgan fingerprint density at radius 1 is 0.590 bits per heavy atom. The number of hydrogen-bond donors (Lipinski definition) is 4. The van der Waals surface area contributed by atoms with Crippen LogP contribution in [0.25, 0.3) is 0 Å². The van der Waals surface area contributed by atoms with Crippen molar-refractivity contribution in [3.05, 3.63) is 149 Å². The number of nitrogens with two attached hydrogens (primary N) is 1. The van der Waals surface area contributed by atoms with E-state index in [2.05, 4.69) is 70.0 Å². The Balaban J connectivity index is 0.000000169. The number of nitrogens with one attached hydrogen (secondary N) is 3. The molecule has 12 nitrogen and oxygen atoms in total. The second-order valence-corrected chi connectivity index (χ2v) is 15.4. The molecular weight excluding hydrogens is 784 g/mol. The van der Waals surface area contributed by atoms with Crippen LogP contribution >= 0.6 is 11.6 Å². The van der Waals surface area contributed by atoms with Crippen LogP contribution in [0.3, 0.4) is 0 Å². The van der Waals surface area contributed by atoms with E-state index in [0.717, 1.165) is 85.0 Å². The van der Waals surface area contributed by atoms with Crippen LogP contribution in [0.2, 0.25) is 5.28 Å². The second-order valence-electron chi connectivity index (χ2n) is 15.1. The number of halogens is 1. The second kappa shape index (κ2) is 24.3. The molecule has 0 amide bonds. The van der Waals surface area contributed by atoms with Gasteiger partial charge in [-0.3, -0.25) is 9.80 Å². The number of benzene rings is 4. The molecule has 0 spiro atoms. The van der Waals surface area contributed by atoms with Gasteiger partial charge in [-0.2, -0.15) is 4.98 Å². The molecule has 6 aromatic rings. The third-order valence-corrected chi connectivity index (χ3v) is 10.4. The normalized spacial score (nSPS) is 13.6. The van der Waals surface area contributed by atoms with Gasteiger partial charge in [0.25, 0.3) is 0 Å². The summed E-state index contributed by atoms with van der Waals surface area (Å²) in [5.74, 6) is 3.97. The largest absolute Gasteiger partial charge is 0.492 e. The summed E-state index contributed by atoms with van der Waals surface area (Å²) >= 11 is 5.74. The van der Waals surface area contributed by atoms with Crippen LogP contribution in [0.15, 0.2) is 122 Å². The van der Waals surface area contributed by atoms with E-state index in [-0.39, 0.29) is 5.28 Å². The van der Waals surface area contributed by atoms with Gasteiger partial charge in [0.15, 0.2) is 0 Å². The number of nitrogens with zero attached hydrogens (tertiary/aromatic N) is 6. The number of hydrogen-bond acceptors (Lipinski definition) is 12. The van der Waals surface area contributed by atoms with Crippen molar-refractivity contribution in [3.63, 3.8) is 0 Å². The Kier molecular flexibility index (Phi) is 17.8. The predicted octanol–water partition coefficient (Wildman–Crippen LogP) is 9.41. The smallest absolute Gasteiger partial charge is 0.229 e. The summed E-state index contributed by atoms with van der Waals surface area (Å²) in [4.78, 5) is 22.0. The van der Waals surface area contributed by atoms with Crippen molar-refractivity contribution < 1.29 is 9.47 Å². The minimum Gasteiger partial charge on any atom is -0.492 e. The van der Waals surface area contributed by atoms with E-state index in [1.807, 2.05) is 105 Å². The van der Waals surface area contributed by atoms with Gasteiger partial charge in [0.2, 0.25) is 11.2 Å². The Morgan fingerprint density at radius 2 is 1.05 bits per heavy atom. The molecular formula is C48H59ClN10O2. The molecule has 2 aromatic heterocycles. The summed E-state index contributed by atoms with van der Waals surface area (Å²) in [6, 6.07) is 35.9. The zero-order valence-electron chi connectivity index (χ0n) is 35.4. The van der Waals surface area contributed by atoms with Crippen LogP contribution in [-0.2, 0) is 13.1 Å². The van der Waals surface area contributed by atoms with Crippen LogP contribution < -0.4 is 31.2 Å². The fraction of sp³-hybridized carbons (Fsp3) is 0.333. The van der Waals surface area contributed by atoms with E-state index < -0.39 is 0 Å². The van der Waals surface area contributed by atoms with Crippen LogP contribution in [-0.4, -0.2) is 82.2 Å². The zero-order valence-corrected chi connectivity index (χ0v) is 36.2. The van der Waals surface area contributed by atoms with Gasteiger partial charge < -0.3 is 31.2 Å². The van der Waals surface area contributed by atoms with E-state index in [9.17, 15) is 0 Å². The number of likely N-dealkylation sites (tertiary alicyclic amines) is 2. The van der Waals surface area contributed by atoms with Gasteiger partial charge in [0.05, 0.1) is 0 Å². The molecule has 4 heterocycles. The van der Waals surface area contributed by atoms with E-state index in [1.54, 1.807) is 6.20 Å². The van der Waals surface area contributed by atoms with Gasteiger partial charge in [-0.15, -0.1) is 0 Å². The molecule has 2 fully saturated rings. The van der Waals surface area contributed by atoms with Gasteiger partial charge >= 0.3 is 0 Å². The lowest BCUT2D eigenvalue weighted by Gasteiger charge is -2.15. The first kappa shape index (κ1) is 44.6. The molecule has 0 radical (unpaired) electrons. The van der Waals surface area contributed by atoms with Crippen LogP contribution in [0.5, 0.6) is 11.5 Å². The highest BCUT2D eigenvalue weighted by Gasteiger charge is 2.12. The monoisotopic (exact) mass is 842 g/mol. The van der Waals surface area contributed by atoms with Crippen molar-refractivity contribution in [3.8, 4) is 11.5 Å². The van der Waals surface area contributed by atoms with Crippen molar-refractivity contribution in [2.45, 2.75) is 52.6 Å². The molecule has 2 aliphatic heterocycles. The highest BCUT2D eigenvalue weighted by Crippen LogP contribution is 2.21. The quantitative estimate of drug-likeness (QED) is 0.0546. The third kappa shape index (κ3) is 15.9. The lowest BCUT2D eigenvalue weighted by atomic mass is 10.2. The maximum absolute atomic E-state index is 5.87. The molecule has 0 unspecified atom stereocenters. The van der Waals surface area contributed by atoms with Crippen molar-refractivity contribution >= 4 is 40.6 Å². The first-order valence-corrected chi connectivity index (χ1v) is 21.6. The molecule has 0 aliphatic carbocycles. The lowest BCUT2D eigenvalue weighted by Crippen LogP contribution is -2.25. The molecule has 0 bridgehead atoms. The van der Waals surface area contributed by atoms with Gasteiger partial charge in [-0.1, -0.05) is 60.7 Å². The maximum Gasteiger partial charge on any atom is 0.229 e. The van der Waals surface area contributed by atoms with E-state index in [4.69, 9.17) is 26.8 Å². The average Bonchev–Trinajstić information content (AvgIpc) is 4.02. The van der Waals surface area contributed by atoms with E-state index in [0.29, 0.717) is 5.95 Å². The molecule has 8 rings (SSSR count). The number of rotatable bonds is 16. The number of ether oxygens (including phenoxy) is 2. The summed E-state index contributed by atoms with van der Waals surface area (Å²) in [5, 5.41) is 10.2. The zero-order chi connectivity index (χ0) is 42.5. The maximum atomic E-state index is 5.87. The third-order valence-electron chi connectivity index (χ3n) is 10.3. The van der Waals surface area contributed by atoms with Gasteiger partial charge in [0, 0.05) is 61.1 Å². The van der Waals surface area contributed by atoms with Crippen LogP contribution in [0.4, 0.5) is 29.0 Å². The lowest BCUT2D eigenvalue weighted by molar-refractivity contribution is 0.237. The topological polar surface area (TPSA) is 139 Å². The molecule has 61 heavy (non-hydrogen) atoms. The molecule has 13 heteroatoms. The first-order chi connectivity index (χ1) is 29.9. The number of nitrogen functional groups attached to an aromatic ring is 1. The molecule has 0 saturated carbocycles. The Hall–Kier alpha value is -5.95. The molecule has 0 atom stereocenters. The number of aryl methyl sites for hydroxylation is 2. The molecule has 2 saturated heterocycles. The summed E-state index contributed by atoms with van der Waals surface area (Å²) in [6.45, 7) is 13.8. The van der Waals surface area contributed by atoms with Gasteiger partial charge in [0.1, 0.15) is 36.3 Å². The summed E-state index contributed by atoms with van der Waals surface area (Å²) in [6.07, 6.45) is 8.83. The fourth-order valence-electron chi connectivity index (χ4n) is 6.77. The van der Waals surface area contributed by atoms with E-state index in [1.165, 1.54) is 63.0 Å². The summed E-state index contributed by atoms with van der Waals surface area (Å²) < 4.78 is 11.5. The Bertz CT molecular complexity index is 2150. The summed E-state index contributed by atoms with van der Waals surface area (Å²) in [7, 11) is 0. The van der Waals surface area contributed by atoms with Crippen molar-refractivity contribution in [1.29, 1.82) is 0 Å². The van der Waals surface area contributed by atoms with Crippen molar-refractivity contribution in [2.75, 3.05) is 74.2 Å². The highest BCUT2D eigenvalue weighted by molar-refractivity contribution is 6.28. The highest BCUT2D eigenvalue weighted by atomic mass is 35.5. The van der Waals surface area contributed by atoms with Crippen molar-refractivity contribution in [1.82, 2.24) is 29.7 Å². The minimum atomic E-state index is 0.265. The minimum absolute atomic E-state index is 0.265. The SMILES string of the molecule is Cc1cnc(Cl)nc1NCc1ccccc1.Cc1cnc(Nc2ccc(OCCN3CCCC3)cc2)nc1NCc1ccccc1.Nc1ccc(OCCN2CCCC2)cc1.